The molecule has 1 N–H and O–H groups in total. The Morgan fingerprint density at radius 1 is 1.40 bits per heavy atom. The maximum absolute atomic E-state index is 12.5. The zero-order valence-corrected chi connectivity index (χ0v) is 12.8. The molecule has 0 bridgehead atoms. The molecule has 1 aliphatic rings. The van der Waals surface area contributed by atoms with Crippen LogP contribution < -0.4 is 9.62 Å². The smallest absolute Gasteiger partial charge is 0.237 e. The molecule has 0 aliphatic carbocycles. The van der Waals surface area contributed by atoms with E-state index in [9.17, 15) is 8.42 Å². The van der Waals surface area contributed by atoms with Crippen molar-refractivity contribution in [3.63, 3.8) is 0 Å². The third-order valence-electron chi connectivity index (χ3n) is 3.37. The molecule has 1 heterocycles. The summed E-state index contributed by atoms with van der Waals surface area (Å²) >= 11 is 0. The largest absolute Gasteiger partial charge is 0.381 e. The molecule has 1 aliphatic heterocycles. The number of hydrogen-bond acceptors (Lipinski definition) is 4. The Kier molecular flexibility index (Phi) is 5.01. The van der Waals surface area contributed by atoms with Gasteiger partial charge < -0.3 is 10.1 Å². The van der Waals surface area contributed by atoms with Gasteiger partial charge in [-0.1, -0.05) is 18.2 Å². The summed E-state index contributed by atoms with van der Waals surface area (Å²) in [7, 11) is -3.36. The average Bonchev–Trinajstić information content (AvgIpc) is 2.59. The summed E-state index contributed by atoms with van der Waals surface area (Å²) in [4.78, 5) is 0. The van der Waals surface area contributed by atoms with Crippen molar-refractivity contribution in [3.05, 3.63) is 29.8 Å². The van der Waals surface area contributed by atoms with E-state index >= 15 is 0 Å². The molecule has 0 fully saturated rings. The predicted octanol–water partition coefficient (Wildman–Crippen LogP) is 1.35. The van der Waals surface area contributed by atoms with E-state index in [1.807, 2.05) is 38.1 Å². The highest BCUT2D eigenvalue weighted by Gasteiger charge is 2.28. The summed E-state index contributed by atoms with van der Waals surface area (Å²) < 4.78 is 31.8. The Bertz CT molecular complexity index is 545. The minimum atomic E-state index is -3.36. The number of hydrogen-bond donors (Lipinski definition) is 1. The first-order chi connectivity index (χ1) is 9.54. The van der Waals surface area contributed by atoms with Crippen molar-refractivity contribution in [1.82, 2.24) is 5.32 Å². The summed E-state index contributed by atoms with van der Waals surface area (Å²) in [6.07, 6.45) is 0. The van der Waals surface area contributed by atoms with E-state index in [0.29, 0.717) is 19.7 Å². The minimum absolute atomic E-state index is 0.0158. The molecule has 0 saturated heterocycles. The third-order valence-corrected chi connectivity index (χ3v) is 5.07. The Balaban J connectivity index is 2.28. The standard InChI is InChI=1S/C14H22N2O3S/c1-3-19-8-9-20(17,18)16-11-12(2)15-10-13-6-4-5-7-14(13)16/h4-7,12,15H,3,8-11H2,1-2H3. The quantitative estimate of drug-likeness (QED) is 0.834. The molecule has 1 unspecified atom stereocenters. The lowest BCUT2D eigenvalue weighted by Crippen LogP contribution is -2.41. The number of rotatable bonds is 5. The average molecular weight is 298 g/mol. The van der Waals surface area contributed by atoms with Gasteiger partial charge in [0.25, 0.3) is 0 Å². The van der Waals surface area contributed by atoms with Gasteiger partial charge in [-0.05, 0) is 25.5 Å². The van der Waals surface area contributed by atoms with Crippen LogP contribution in [0.25, 0.3) is 0 Å². The van der Waals surface area contributed by atoms with Crippen LogP contribution in [0.2, 0.25) is 0 Å². The first-order valence-corrected chi connectivity index (χ1v) is 8.55. The van der Waals surface area contributed by atoms with Gasteiger partial charge in [0, 0.05) is 25.7 Å². The number of sulfonamides is 1. The van der Waals surface area contributed by atoms with E-state index in [1.54, 1.807) is 0 Å². The van der Waals surface area contributed by atoms with Crippen LogP contribution in [0.3, 0.4) is 0 Å². The van der Waals surface area contributed by atoms with Gasteiger partial charge in [0.1, 0.15) is 0 Å². The van der Waals surface area contributed by atoms with Crippen LogP contribution in [-0.2, 0) is 21.3 Å². The molecule has 0 radical (unpaired) electrons. The van der Waals surface area contributed by atoms with E-state index < -0.39 is 10.0 Å². The van der Waals surface area contributed by atoms with Gasteiger partial charge in [0.2, 0.25) is 10.0 Å². The molecule has 0 saturated carbocycles. The molecule has 6 heteroatoms. The molecular formula is C14H22N2O3S. The van der Waals surface area contributed by atoms with Gasteiger partial charge >= 0.3 is 0 Å². The summed E-state index contributed by atoms with van der Waals surface area (Å²) in [5.41, 5.74) is 1.79. The van der Waals surface area contributed by atoms with Gasteiger partial charge in [-0.2, -0.15) is 0 Å². The SMILES string of the molecule is CCOCCS(=O)(=O)N1CC(C)NCc2ccccc21. The second-order valence-electron chi connectivity index (χ2n) is 4.95. The number of nitrogens with one attached hydrogen (secondary N) is 1. The third kappa shape index (κ3) is 3.50. The van der Waals surface area contributed by atoms with Crippen LogP contribution >= 0.6 is 0 Å². The van der Waals surface area contributed by atoms with Crippen molar-refractivity contribution in [2.45, 2.75) is 26.4 Å². The number of benzene rings is 1. The van der Waals surface area contributed by atoms with E-state index in [-0.39, 0.29) is 18.4 Å². The van der Waals surface area contributed by atoms with Gasteiger partial charge in [-0.25, -0.2) is 8.42 Å². The number of anilines is 1. The van der Waals surface area contributed by atoms with Crippen molar-refractivity contribution < 1.29 is 13.2 Å². The highest BCUT2D eigenvalue weighted by atomic mass is 32.2. The minimum Gasteiger partial charge on any atom is -0.381 e. The van der Waals surface area contributed by atoms with Gasteiger partial charge in [-0.15, -0.1) is 0 Å². The van der Waals surface area contributed by atoms with Crippen molar-refractivity contribution in [2.75, 3.05) is 29.8 Å². The summed E-state index contributed by atoms with van der Waals surface area (Å²) in [5, 5.41) is 3.33. The maximum atomic E-state index is 12.5. The molecule has 20 heavy (non-hydrogen) atoms. The van der Waals surface area contributed by atoms with Crippen LogP contribution in [-0.4, -0.2) is 40.0 Å². The maximum Gasteiger partial charge on any atom is 0.237 e. The normalized spacial score (nSPS) is 19.5. The topological polar surface area (TPSA) is 58.6 Å². The summed E-state index contributed by atoms with van der Waals surface area (Å²) in [6.45, 7) is 5.76. The van der Waals surface area contributed by atoms with Crippen molar-refractivity contribution in [2.24, 2.45) is 0 Å². The Morgan fingerprint density at radius 2 is 2.15 bits per heavy atom. The molecule has 0 aromatic heterocycles. The van der Waals surface area contributed by atoms with Crippen LogP contribution in [0.5, 0.6) is 0 Å². The molecule has 2 rings (SSSR count). The highest BCUT2D eigenvalue weighted by molar-refractivity contribution is 7.92. The summed E-state index contributed by atoms with van der Waals surface area (Å²) in [6, 6.07) is 7.75. The van der Waals surface area contributed by atoms with E-state index in [1.165, 1.54) is 4.31 Å². The molecule has 1 atom stereocenters. The molecule has 1 aromatic rings. The lowest BCUT2D eigenvalue weighted by Gasteiger charge is -2.25. The van der Waals surface area contributed by atoms with Crippen molar-refractivity contribution in [3.8, 4) is 0 Å². The summed E-state index contributed by atoms with van der Waals surface area (Å²) in [5.74, 6) is 0.0158. The Morgan fingerprint density at radius 3 is 2.90 bits per heavy atom. The van der Waals surface area contributed by atoms with E-state index in [0.717, 1.165) is 11.3 Å². The molecule has 112 valence electrons. The van der Waals surface area contributed by atoms with E-state index in [4.69, 9.17) is 4.74 Å². The second kappa shape index (κ2) is 6.56. The number of nitrogens with zero attached hydrogens (tertiary/aromatic N) is 1. The Labute approximate surface area is 121 Å². The van der Waals surface area contributed by atoms with Gasteiger partial charge in [0.15, 0.2) is 0 Å². The molecule has 0 amide bonds. The van der Waals surface area contributed by atoms with Crippen molar-refractivity contribution >= 4 is 15.7 Å². The fourth-order valence-corrected chi connectivity index (χ4v) is 3.76. The second-order valence-corrected chi connectivity index (χ2v) is 6.97. The highest BCUT2D eigenvalue weighted by Crippen LogP contribution is 2.26. The number of para-hydroxylation sites is 1. The van der Waals surface area contributed by atoms with Crippen LogP contribution in [0, 0.1) is 0 Å². The number of ether oxygens (including phenoxy) is 1. The molecule has 5 nitrogen and oxygen atoms in total. The predicted molar refractivity (Wildman–Crippen MR) is 80.4 cm³/mol. The fourth-order valence-electron chi connectivity index (χ4n) is 2.28. The first kappa shape index (κ1) is 15.3. The van der Waals surface area contributed by atoms with Crippen LogP contribution in [0.15, 0.2) is 24.3 Å². The van der Waals surface area contributed by atoms with Gasteiger partial charge in [-0.3, -0.25) is 4.31 Å². The lowest BCUT2D eigenvalue weighted by atomic mass is 10.2. The number of fused-ring (bicyclic) bond motifs is 1. The van der Waals surface area contributed by atoms with Crippen LogP contribution in [0.1, 0.15) is 19.4 Å². The molecular weight excluding hydrogens is 276 g/mol. The van der Waals surface area contributed by atoms with Crippen LogP contribution in [0.4, 0.5) is 5.69 Å². The van der Waals surface area contributed by atoms with Crippen molar-refractivity contribution in [1.29, 1.82) is 0 Å². The monoisotopic (exact) mass is 298 g/mol. The first-order valence-electron chi connectivity index (χ1n) is 6.94. The van der Waals surface area contributed by atoms with Gasteiger partial charge in [0.05, 0.1) is 18.0 Å². The molecule has 1 aromatic carbocycles. The fraction of sp³-hybridized carbons (Fsp3) is 0.571. The van der Waals surface area contributed by atoms with E-state index in [2.05, 4.69) is 5.32 Å². The zero-order chi connectivity index (χ0) is 14.6. The Hall–Kier alpha value is -1.11. The lowest BCUT2D eigenvalue weighted by molar-refractivity contribution is 0.163. The zero-order valence-electron chi connectivity index (χ0n) is 12.0. The molecule has 0 spiro atoms.